The van der Waals surface area contributed by atoms with E-state index >= 15 is 0 Å². The Morgan fingerprint density at radius 3 is 2.45 bits per heavy atom. The number of imide groups is 4. The Bertz CT molecular complexity index is 1920. The Morgan fingerprint density at radius 2 is 1.77 bits per heavy atom. The zero-order valence-corrected chi connectivity index (χ0v) is 25.8. The van der Waals surface area contributed by atoms with Gasteiger partial charge in [-0.25, -0.2) is 14.1 Å². The lowest BCUT2D eigenvalue weighted by atomic mass is 9.51. The van der Waals surface area contributed by atoms with Crippen LogP contribution in [0.2, 0.25) is 5.02 Å². The standard InChI is InChI=1S/C35H29ClFN3O7/c1-35-24(31(43)39(33(35)45)18-7-12-26(37)25(36)13-18)15-23-20(10-11-22-28(23)32(44)40(30(22)42)34(38)46)29(35)21-9-8-19(14-27(21)41)47-16-17-5-3-2-4-6-17/h2-10,12-14,22-24,28-29,41H,11,15-16H2,1H3,(H2,38,46). The maximum absolute atomic E-state index is 14.5. The first-order valence-corrected chi connectivity index (χ1v) is 15.5. The van der Waals surface area contributed by atoms with Crippen LogP contribution in [0, 0.1) is 34.9 Å². The molecule has 2 aliphatic heterocycles. The molecule has 1 saturated carbocycles. The van der Waals surface area contributed by atoms with Crippen molar-refractivity contribution in [2.45, 2.75) is 32.3 Å². The van der Waals surface area contributed by atoms with Crippen molar-refractivity contribution in [3.63, 3.8) is 0 Å². The predicted molar refractivity (Wildman–Crippen MR) is 166 cm³/mol. The molecule has 0 bridgehead atoms. The highest BCUT2D eigenvalue weighted by Crippen LogP contribution is 2.64. The smallest absolute Gasteiger partial charge is 0.328 e. The fourth-order valence-electron chi connectivity index (χ4n) is 8.05. The molecule has 6 atom stereocenters. The van der Waals surface area contributed by atoms with Crippen LogP contribution in [0.5, 0.6) is 11.5 Å². The molecule has 6 unspecified atom stereocenters. The summed E-state index contributed by atoms with van der Waals surface area (Å²) in [5, 5.41) is 11.2. The number of anilines is 1. The largest absolute Gasteiger partial charge is 0.508 e. The van der Waals surface area contributed by atoms with Crippen molar-refractivity contribution in [3.8, 4) is 11.5 Å². The van der Waals surface area contributed by atoms with E-state index in [2.05, 4.69) is 0 Å². The monoisotopic (exact) mass is 657 g/mol. The second-order valence-electron chi connectivity index (χ2n) is 12.6. The summed E-state index contributed by atoms with van der Waals surface area (Å²) in [7, 11) is 0. The number of primary amides is 1. The third-order valence-corrected chi connectivity index (χ3v) is 10.5. The molecule has 10 nitrogen and oxygen atoms in total. The molecule has 2 saturated heterocycles. The highest BCUT2D eigenvalue weighted by molar-refractivity contribution is 6.31. The molecular weight excluding hydrogens is 629 g/mol. The summed E-state index contributed by atoms with van der Waals surface area (Å²) in [5.74, 6) is -7.68. The molecule has 3 N–H and O–H groups in total. The van der Waals surface area contributed by atoms with Gasteiger partial charge in [0.1, 0.15) is 23.9 Å². The first-order valence-electron chi connectivity index (χ1n) is 15.1. The summed E-state index contributed by atoms with van der Waals surface area (Å²) >= 11 is 6.04. The zero-order valence-electron chi connectivity index (χ0n) is 25.1. The minimum absolute atomic E-state index is 0.0145. The number of aromatic hydroxyl groups is 1. The molecule has 0 radical (unpaired) electrons. The lowest BCUT2D eigenvalue weighted by molar-refractivity contribution is -0.136. The summed E-state index contributed by atoms with van der Waals surface area (Å²) in [6.07, 6.45) is 1.89. The van der Waals surface area contributed by atoms with Crippen LogP contribution in [0.25, 0.3) is 0 Å². The molecule has 3 aromatic rings. The number of carbonyl (C=O) groups is 5. The maximum Gasteiger partial charge on any atom is 0.328 e. The van der Waals surface area contributed by atoms with Gasteiger partial charge in [0.25, 0.3) is 0 Å². The number of allylic oxidation sites excluding steroid dienone is 2. The molecule has 2 aliphatic carbocycles. The summed E-state index contributed by atoms with van der Waals surface area (Å²) in [5.41, 5.74) is 5.86. The van der Waals surface area contributed by atoms with Crippen molar-refractivity contribution in [3.05, 3.63) is 100 Å². The number of nitrogens with zero attached hydrogens (tertiary/aromatic N) is 2. The van der Waals surface area contributed by atoms with E-state index in [9.17, 15) is 33.5 Å². The second kappa shape index (κ2) is 11.0. The number of carbonyl (C=O) groups excluding carboxylic acids is 5. The van der Waals surface area contributed by atoms with Gasteiger partial charge in [0, 0.05) is 17.5 Å². The lowest BCUT2D eigenvalue weighted by Gasteiger charge is -2.49. The van der Waals surface area contributed by atoms with Crippen LogP contribution in [-0.2, 0) is 25.8 Å². The molecule has 12 heteroatoms. The predicted octanol–water partition coefficient (Wildman–Crippen LogP) is 5.07. The van der Waals surface area contributed by atoms with Gasteiger partial charge in [0.2, 0.25) is 23.6 Å². The molecule has 0 aromatic heterocycles. The third kappa shape index (κ3) is 4.55. The van der Waals surface area contributed by atoms with Crippen molar-refractivity contribution in [1.29, 1.82) is 0 Å². The van der Waals surface area contributed by atoms with Crippen LogP contribution in [0.15, 0.2) is 78.4 Å². The molecule has 4 aliphatic rings. The number of hydrogen-bond acceptors (Lipinski definition) is 7. The number of amides is 6. The van der Waals surface area contributed by atoms with Crippen LogP contribution in [0.1, 0.15) is 36.8 Å². The average Bonchev–Trinajstić information content (AvgIpc) is 3.42. The number of fused-ring (bicyclic) bond motifs is 4. The number of hydrogen-bond donors (Lipinski definition) is 2. The van der Waals surface area contributed by atoms with Crippen LogP contribution < -0.4 is 15.4 Å². The van der Waals surface area contributed by atoms with E-state index in [0.717, 1.165) is 16.5 Å². The maximum atomic E-state index is 14.5. The van der Waals surface area contributed by atoms with Gasteiger partial charge in [-0.3, -0.25) is 19.2 Å². The van der Waals surface area contributed by atoms with Crippen LogP contribution >= 0.6 is 11.6 Å². The zero-order chi connectivity index (χ0) is 33.4. The van der Waals surface area contributed by atoms with Crippen molar-refractivity contribution >= 4 is 46.9 Å². The molecule has 6 amide bonds. The van der Waals surface area contributed by atoms with Gasteiger partial charge in [-0.05, 0) is 55.5 Å². The number of halogens is 2. The van der Waals surface area contributed by atoms with E-state index in [4.69, 9.17) is 22.1 Å². The highest BCUT2D eigenvalue weighted by Gasteiger charge is 2.68. The Balaban J connectivity index is 1.33. The molecule has 0 spiro atoms. The number of nitrogens with two attached hydrogens (primary N) is 1. The second-order valence-corrected chi connectivity index (χ2v) is 13.0. The number of rotatable bonds is 5. The van der Waals surface area contributed by atoms with Crippen molar-refractivity contribution < 1.29 is 38.2 Å². The molecule has 240 valence electrons. The summed E-state index contributed by atoms with van der Waals surface area (Å²) in [4.78, 5) is 68.9. The summed E-state index contributed by atoms with van der Waals surface area (Å²) in [6.45, 7) is 1.89. The van der Waals surface area contributed by atoms with Gasteiger partial charge in [0.05, 0.1) is 33.9 Å². The van der Waals surface area contributed by atoms with Crippen LogP contribution in [0.3, 0.4) is 0 Å². The van der Waals surface area contributed by atoms with E-state index in [0.29, 0.717) is 21.8 Å². The fraction of sp³-hybridized carbons (Fsp3) is 0.286. The molecule has 47 heavy (non-hydrogen) atoms. The highest BCUT2D eigenvalue weighted by atomic mass is 35.5. The minimum Gasteiger partial charge on any atom is -0.508 e. The van der Waals surface area contributed by atoms with E-state index in [1.807, 2.05) is 30.3 Å². The van der Waals surface area contributed by atoms with Crippen molar-refractivity contribution in [2.75, 3.05) is 4.90 Å². The van der Waals surface area contributed by atoms with Crippen molar-refractivity contribution in [1.82, 2.24) is 4.90 Å². The van der Waals surface area contributed by atoms with Gasteiger partial charge >= 0.3 is 6.03 Å². The Hall–Kier alpha value is -5.03. The fourth-order valence-corrected chi connectivity index (χ4v) is 8.22. The SMILES string of the molecule is CC12C(=O)N(c3ccc(F)c(Cl)c3)C(=O)C1CC1C(=CCC3C(=O)N(C(N)=O)C(=O)C31)C2c1ccc(OCc2ccccc2)cc1O. The van der Waals surface area contributed by atoms with E-state index in [-0.39, 0.29) is 35.9 Å². The van der Waals surface area contributed by atoms with Gasteiger partial charge < -0.3 is 15.6 Å². The average molecular weight is 658 g/mol. The first kappa shape index (κ1) is 30.6. The topological polar surface area (TPSA) is 147 Å². The first-order chi connectivity index (χ1) is 22.4. The quantitative estimate of drug-likeness (QED) is 0.288. The lowest BCUT2D eigenvalue weighted by Crippen LogP contribution is -2.49. The van der Waals surface area contributed by atoms with E-state index in [1.54, 1.807) is 25.1 Å². The molecular formula is C35H29ClFN3O7. The van der Waals surface area contributed by atoms with E-state index < -0.39 is 70.5 Å². The normalized spacial score (nSPS) is 28.1. The number of benzene rings is 3. The van der Waals surface area contributed by atoms with Crippen LogP contribution in [0.4, 0.5) is 14.9 Å². The summed E-state index contributed by atoms with van der Waals surface area (Å²) < 4.78 is 20.0. The van der Waals surface area contributed by atoms with Gasteiger partial charge in [-0.2, -0.15) is 4.90 Å². The summed E-state index contributed by atoms with van der Waals surface area (Å²) in [6, 6.07) is 16.5. The van der Waals surface area contributed by atoms with E-state index in [1.165, 1.54) is 18.2 Å². The number of urea groups is 1. The third-order valence-electron chi connectivity index (χ3n) is 10.2. The van der Waals surface area contributed by atoms with Crippen molar-refractivity contribution in [2.24, 2.45) is 34.8 Å². The molecule has 2 heterocycles. The Morgan fingerprint density at radius 1 is 1.02 bits per heavy atom. The Labute approximate surface area is 273 Å². The molecule has 3 aromatic carbocycles. The Kier molecular flexibility index (Phi) is 7.20. The van der Waals surface area contributed by atoms with Gasteiger partial charge in [-0.1, -0.05) is 59.6 Å². The number of likely N-dealkylation sites (tertiary alicyclic amines) is 1. The number of phenols is 1. The van der Waals surface area contributed by atoms with Gasteiger partial charge in [0.15, 0.2) is 0 Å². The van der Waals surface area contributed by atoms with Crippen LogP contribution in [-0.4, -0.2) is 39.7 Å². The number of ether oxygens (including phenoxy) is 1. The minimum atomic E-state index is -1.47. The van der Waals surface area contributed by atoms with Gasteiger partial charge in [-0.15, -0.1) is 0 Å². The molecule has 7 rings (SSSR count). The molecule has 3 fully saturated rings. The number of phenolic OH excluding ortho intramolecular Hbond substituents is 1.